The van der Waals surface area contributed by atoms with Crippen molar-refractivity contribution in [3.8, 4) is 0 Å². The van der Waals surface area contributed by atoms with E-state index in [-0.39, 0.29) is 12.1 Å². The topological polar surface area (TPSA) is 38.3 Å². The first-order valence-corrected chi connectivity index (χ1v) is 5.22. The summed E-state index contributed by atoms with van der Waals surface area (Å²) in [6, 6.07) is 10.0. The molecule has 15 heavy (non-hydrogen) atoms. The molecule has 1 N–H and O–H groups in total. The summed E-state index contributed by atoms with van der Waals surface area (Å²) in [5.74, 6) is 0. The number of carbonyl (C=O) groups is 1. The molecular weight excluding hydrogens is 190 g/mol. The van der Waals surface area contributed by atoms with Gasteiger partial charge in [0.25, 0.3) is 0 Å². The van der Waals surface area contributed by atoms with Crippen molar-refractivity contribution in [2.45, 2.75) is 25.2 Å². The van der Waals surface area contributed by atoms with E-state index in [1.165, 1.54) is 5.56 Å². The molecule has 1 heterocycles. The molecule has 0 radical (unpaired) electrons. The molecule has 0 bridgehead atoms. The van der Waals surface area contributed by atoms with E-state index in [9.17, 15) is 4.79 Å². The first-order valence-electron chi connectivity index (χ1n) is 5.22. The van der Waals surface area contributed by atoms with Gasteiger partial charge in [0.2, 0.25) is 0 Å². The van der Waals surface area contributed by atoms with E-state index in [1.54, 1.807) is 0 Å². The van der Waals surface area contributed by atoms with Gasteiger partial charge in [0.15, 0.2) is 0 Å². The number of hydrogen-bond acceptors (Lipinski definition) is 3. The molecule has 1 fully saturated rings. The van der Waals surface area contributed by atoms with E-state index < -0.39 is 0 Å². The highest BCUT2D eigenvalue weighted by Gasteiger charge is 2.23. The van der Waals surface area contributed by atoms with Gasteiger partial charge in [0, 0.05) is 6.54 Å². The maximum absolute atomic E-state index is 10.5. The highest BCUT2D eigenvalue weighted by Crippen LogP contribution is 2.11. The standard InChI is InChI=1S/C12H15NO2/c14-8-11-6-12(7-13-11)15-9-10-4-2-1-3-5-10/h1-5,8,11-13H,6-7,9H2/t11-,12-/m0/s1. The lowest BCUT2D eigenvalue weighted by atomic mass is 10.2. The van der Waals surface area contributed by atoms with Crippen LogP contribution in [-0.4, -0.2) is 25.0 Å². The van der Waals surface area contributed by atoms with Crippen molar-refractivity contribution in [3.63, 3.8) is 0 Å². The first-order chi connectivity index (χ1) is 7.38. The summed E-state index contributed by atoms with van der Waals surface area (Å²) < 4.78 is 5.70. The van der Waals surface area contributed by atoms with Gasteiger partial charge in [0.1, 0.15) is 6.29 Å². The number of hydrogen-bond donors (Lipinski definition) is 1. The first kappa shape index (κ1) is 10.3. The van der Waals surface area contributed by atoms with E-state index in [1.807, 2.05) is 30.3 Å². The van der Waals surface area contributed by atoms with Gasteiger partial charge in [-0.2, -0.15) is 0 Å². The van der Waals surface area contributed by atoms with E-state index in [2.05, 4.69) is 5.32 Å². The zero-order valence-corrected chi connectivity index (χ0v) is 8.56. The fourth-order valence-corrected chi connectivity index (χ4v) is 1.75. The van der Waals surface area contributed by atoms with Crippen LogP contribution in [0.15, 0.2) is 30.3 Å². The largest absolute Gasteiger partial charge is 0.372 e. The zero-order valence-electron chi connectivity index (χ0n) is 8.56. The lowest BCUT2D eigenvalue weighted by Crippen LogP contribution is -2.22. The summed E-state index contributed by atoms with van der Waals surface area (Å²) in [4.78, 5) is 10.5. The van der Waals surface area contributed by atoms with Crippen LogP contribution in [0.25, 0.3) is 0 Å². The van der Waals surface area contributed by atoms with Gasteiger partial charge in [-0.05, 0) is 12.0 Å². The van der Waals surface area contributed by atoms with Crippen molar-refractivity contribution in [2.75, 3.05) is 6.54 Å². The SMILES string of the molecule is O=C[C@@H]1C[C@H](OCc2ccccc2)CN1. The fraction of sp³-hybridized carbons (Fsp3) is 0.417. The van der Waals surface area contributed by atoms with Gasteiger partial charge < -0.3 is 14.8 Å². The molecular formula is C12H15NO2. The van der Waals surface area contributed by atoms with Crippen LogP contribution in [0.2, 0.25) is 0 Å². The van der Waals surface area contributed by atoms with Crippen LogP contribution in [0.4, 0.5) is 0 Å². The van der Waals surface area contributed by atoms with Crippen molar-refractivity contribution in [3.05, 3.63) is 35.9 Å². The third kappa shape index (κ3) is 2.88. The Hall–Kier alpha value is -1.19. The second-order valence-corrected chi connectivity index (χ2v) is 3.81. The number of ether oxygens (including phenoxy) is 1. The van der Waals surface area contributed by atoms with E-state index in [4.69, 9.17) is 4.74 Å². The summed E-state index contributed by atoms with van der Waals surface area (Å²) in [7, 11) is 0. The highest BCUT2D eigenvalue weighted by atomic mass is 16.5. The fourth-order valence-electron chi connectivity index (χ4n) is 1.75. The third-order valence-corrected chi connectivity index (χ3v) is 2.62. The van der Waals surface area contributed by atoms with Gasteiger partial charge in [-0.3, -0.25) is 0 Å². The Balaban J connectivity index is 1.77. The Morgan fingerprint density at radius 1 is 1.40 bits per heavy atom. The summed E-state index contributed by atoms with van der Waals surface area (Å²) in [6.07, 6.45) is 1.91. The van der Waals surface area contributed by atoms with Crippen molar-refractivity contribution >= 4 is 6.29 Å². The summed E-state index contributed by atoms with van der Waals surface area (Å²) >= 11 is 0. The minimum absolute atomic E-state index is 0.0224. The van der Waals surface area contributed by atoms with Crippen LogP contribution in [-0.2, 0) is 16.1 Å². The molecule has 1 aliphatic rings. The average molecular weight is 205 g/mol. The number of benzene rings is 1. The molecule has 3 nitrogen and oxygen atoms in total. The normalized spacial score (nSPS) is 25.3. The highest BCUT2D eigenvalue weighted by molar-refractivity contribution is 5.58. The van der Waals surface area contributed by atoms with Crippen LogP contribution in [0, 0.1) is 0 Å². The molecule has 80 valence electrons. The number of nitrogens with one attached hydrogen (secondary N) is 1. The molecule has 3 heteroatoms. The molecule has 0 amide bonds. The minimum atomic E-state index is -0.0224. The molecule has 0 spiro atoms. The molecule has 1 aromatic rings. The lowest BCUT2D eigenvalue weighted by Gasteiger charge is -2.10. The molecule has 2 rings (SSSR count). The average Bonchev–Trinajstić information content (AvgIpc) is 2.76. The Bertz CT molecular complexity index is 313. The summed E-state index contributed by atoms with van der Waals surface area (Å²) in [6.45, 7) is 1.40. The Morgan fingerprint density at radius 3 is 2.87 bits per heavy atom. The van der Waals surface area contributed by atoms with Crippen LogP contribution in [0.1, 0.15) is 12.0 Å². The zero-order chi connectivity index (χ0) is 10.5. The molecule has 0 aliphatic carbocycles. The van der Waals surface area contributed by atoms with Crippen molar-refractivity contribution in [1.82, 2.24) is 5.32 Å². The van der Waals surface area contributed by atoms with E-state index in [0.717, 1.165) is 19.3 Å². The summed E-state index contributed by atoms with van der Waals surface area (Å²) in [5.41, 5.74) is 1.17. The van der Waals surface area contributed by atoms with Gasteiger partial charge in [-0.15, -0.1) is 0 Å². The summed E-state index contributed by atoms with van der Waals surface area (Å²) in [5, 5.41) is 3.10. The van der Waals surface area contributed by atoms with Gasteiger partial charge in [-0.1, -0.05) is 30.3 Å². The second-order valence-electron chi connectivity index (χ2n) is 3.81. The number of carbonyl (C=O) groups excluding carboxylic acids is 1. The Kier molecular flexibility index (Phi) is 3.48. The van der Waals surface area contributed by atoms with Crippen molar-refractivity contribution in [2.24, 2.45) is 0 Å². The minimum Gasteiger partial charge on any atom is -0.372 e. The van der Waals surface area contributed by atoms with Crippen LogP contribution in [0.5, 0.6) is 0 Å². The smallest absolute Gasteiger partial charge is 0.136 e. The Labute approximate surface area is 89.4 Å². The van der Waals surface area contributed by atoms with Crippen LogP contribution >= 0.6 is 0 Å². The maximum atomic E-state index is 10.5. The molecule has 1 saturated heterocycles. The van der Waals surface area contributed by atoms with Crippen molar-refractivity contribution in [1.29, 1.82) is 0 Å². The van der Waals surface area contributed by atoms with Gasteiger partial charge in [0.05, 0.1) is 18.8 Å². The van der Waals surface area contributed by atoms with E-state index >= 15 is 0 Å². The molecule has 2 atom stereocenters. The third-order valence-electron chi connectivity index (χ3n) is 2.62. The Morgan fingerprint density at radius 2 is 2.20 bits per heavy atom. The molecule has 1 aliphatic heterocycles. The maximum Gasteiger partial charge on any atom is 0.136 e. The van der Waals surface area contributed by atoms with Crippen LogP contribution in [0.3, 0.4) is 0 Å². The molecule has 0 saturated carbocycles. The number of aldehydes is 1. The molecule has 0 unspecified atom stereocenters. The second kappa shape index (κ2) is 5.05. The monoisotopic (exact) mass is 205 g/mol. The van der Waals surface area contributed by atoms with E-state index in [0.29, 0.717) is 6.61 Å². The molecule has 1 aromatic carbocycles. The van der Waals surface area contributed by atoms with Gasteiger partial charge >= 0.3 is 0 Å². The number of rotatable bonds is 4. The van der Waals surface area contributed by atoms with Crippen LogP contribution < -0.4 is 5.32 Å². The predicted molar refractivity (Wildman–Crippen MR) is 57.5 cm³/mol. The molecule has 0 aromatic heterocycles. The quantitative estimate of drug-likeness (QED) is 0.749. The lowest BCUT2D eigenvalue weighted by molar-refractivity contribution is -0.109. The predicted octanol–water partition coefficient (Wildman–Crippen LogP) is 1.13. The van der Waals surface area contributed by atoms with Gasteiger partial charge in [-0.25, -0.2) is 0 Å². The van der Waals surface area contributed by atoms with Crippen molar-refractivity contribution < 1.29 is 9.53 Å².